The van der Waals surface area contributed by atoms with Crippen molar-refractivity contribution < 1.29 is 9.90 Å². The van der Waals surface area contributed by atoms with Crippen LogP contribution in [-0.2, 0) is 4.79 Å². The third-order valence-electron chi connectivity index (χ3n) is 9.03. The summed E-state index contributed by atoms with van der Waals surface area (Å²) in [5.41, 5.74) is 5.71. The summed E-state index contributed by atoms with van der Waals surface area (Å²) < 4.78 is 0. The van der Waals surface area contributed by atoms with Gasteiger partial charge in [0.05, 0.1) is 0 Å². The van der Waals surface area contributed by atoms with Crippen LogP contribution in [0.25, 0.3) is 0 Å². The first-order valence-electron chi connectivity index (χ1n) is 12.2. The molecule has 0 amide bonds. The number of carbonyl (C=O) groups is 1. The molecule has 0 spiro atoms. The van der Waals surface area contributed by atoms with Crippen molar-refractivity contribution in [3.63, 3.8) is 0 Å². The SMILES string of the molecule is CC#C[C@@]1(O)CC[C@H]2[C@@H]3CCC4=CC(=O)CCC4=C3C(c3ccc(N(C)C)cc3)C[C@@]21C. The number of benzene rings is 1. The van der Waals surface area contributed by atoms with Gasteiger partial charge in [-0.2, -0.15) is 0 Å². The Morgan fingerprint density at radius 2 is 1.84 bits per heavy atom. The molecule has 0 saturated heterocycles. The van der Waals surface area contributed by atoms with E-state index in [-0.39, 0.29) is 17.1 Å². The highest BCUT2D eigenvalue weighted by Crippen LogP contribution is 2.66. The van der Waals surface area contributed by atoms with E-state index in [2.05, 4.69) is 62.0 Å². The van der Waals surface area contributed by atoms with Crippen molar-refractivity contribution in [1.82, 2.24) is 0 Å². The first-order valence-corrected chi connectivity index (χ1v) is 12.2. The normalized spacial score (nSPS) is 35.8. The zero-order valence-electron chi connectivity index (χ0n) is 19.9. The standard InChI is InChI=1S/C29H35NO2/c1-5-15-29(32)16-14-26-24-12-8-20-17-22(31)11-13-23(20)27(24)25(18-28(26,29)2)19-6-9-21(10-7-19)30(3)4/h6-7,9-10,17,24-26,32H,8,11-14,16,18H2,1-4H3/t24-,25?,26-,28-,29+/m0/s1. The Hall–Kier alpha value is -2.31. The molecule has 0 bridgehead atoms. The van der Waals surface area contributed by atoms with Crippen LogP contribution < -0.4 is 4.90 Å². The second-order valence-corrected chi connectivity index (χ2v) is 10.8. The van der Waals surface area contributed by atoms with Crippen LogP contribution in [0.3, 0.4) is 0 Å². The number of fused-ring (bicyclic) bond motifs is 4. The first kappa shape index (κ1) is 21.5. The summed E-state index contributed by atoms with van der Waals surface area (Å²) in [4.78, 5) is 14.3. The molecule has 5 rings (SSSR count). The lowest BCUT2D eigenvalue weighted by molar-refractivity contribution is -0.114. The molecule has 168 valence electrons. The van der Waals surface area contributed by atoms with Crippen molar-refractivity contribution in [1.29, 1.82) is 0 Å². The average Bonchev–Trinajstić information content (AvgIpc) is 3.03. The Bertz CT molecular complexity index is 1070. The van der Waals surface area contributed by atoms with Crippen LogP contribution in [0, 0.1) is 29.1 Å². The van der Waals surface area contributed by atoms with E-state index in [1.807, 2.05) is 13.0 Å². The number of allylic oxidation sites excluding steroid dienone is 4. The van der Waals surface area contributed by atoms with Crippen LogP contribution in [0.15, 0.2) is 47.1 Å². The number of aliphatic hydroxyl groups is 1. The van der Waals surface area contributed by atoms with E-state index >= 15 is 0 Å². The second kappa shape index (κ2) is 7.63. The van der Waals surface area contributed by atoms with Gasteiger partial charge in [-0.1, -0.05) is 30.6 Å². The lowest BCUT2D eigenvalue weighted by atomic mass is 9.51. The number of hydrogen-bond acceptors (Lipinski definition) is 3. The summed E-state index contributed by atoms with van der Waals surface area (Å²) in [5, 5.41) is 11.7. The molecule has 5 atom stereocenters. The van der Waals surface area contributed by atoms with E-state index in [0.717, 1.165) is 38.5 Å². The minimum atomic E-state index is -0.914. The summed E-state index contributed by atoms with van der Waals surface area (Å²) >= 11 is 0. The van der Waals surface area contributed by atoms with Gasteiger partial charge in [0, 0.05) is 37.5 Å². The maximum absolute atomic E-state index is 12.2. The van der Waals surface area contributed by atoms with E-state index < -0.39 is 5.60 Å². The summed E-state index contributed by atoms with van der Waals surface area (Å²) in [6.07, 6.45) is 8.23. The maximum atomic E-state index is 12.2. The van der Waals surface area contributed by atoms with Gasteiger partial charge in [-0.3, -0.25) is 4.79 Å². The molecule has 32 heavy (non-hydrogen) atoms. The minimum Gasteiger partial charge on any atom is -0.378 e. The maximum Gasteiger partial charge on any atom is 0.156 e. The largest absolute Gasteiger partial charge is 0.378 e. The molecular formula is C29H35NO2. The molecule has 0 radical (unpaired) electrons. The predicted octanol–water partition coefficient (Wildman–Crippen LogP) is 5.41. The molecule has 1 aromatic rings. The lowest BCUT2D eigenvalue weighted by Crippen LogP contribution is -2.51. The van der Waals surface area contributed by atoms with Gasteiger partial charge >= 0.3 is 0 Å². The lowest BCUT2D eigenvalue weighted by Gasteiger charge is -2.53. The van der Waals surface area contributed by atoms with E-state index in [1.54, 1.807) is 5.57 Å². The van der Waals surface area contributed by atoms with Crippen LogP contribution in [0.5, 0.6) is 0 Å². The highest BCUT2D eigenvalue weighted by molar-refractivity contribution is 5.93. The molecule has 0 aromatic heterocycles. The molecule has 4 aliphatic carbocycles. The third kappa shape index (κ3) is 3.11. The fourth-order valence-corrected chi connectivity index (χ4v) is 7.38. The number of carbonyl (C=O) groups excluding carboxylic acids is 1. The Morgan fingerprint density at radius 3 is 2.53 bits per heavy atom. The van der Waals surface area contributed by atoms with Gasteiger partial charge in [-0.15, -0.1) is 5.92 Å². The Kier molecular flexibility index (Phi) is 5.13. The molecule has 1 aromatic carbocycles. The van der Waals surface area contributed by atoms with Crippen molar-refractivity contribution in [2.45, 2.75) is 70.3 Å². The topological polar surface area (TPSA) is 40.5 Å². The van der Waals surface area contributed by atoms with Gasteiger partial charge in [-0.05, 0) is 92.2 Å². The smallest absolute Gasteiger partial charge is 0.156 e. The quantitative estimate of drug-likeness (QED) is 0.640. The number of nitrogens with zero attached hydrogens (tertiary/aromatic N) is 1. The summed E-state index contributed by atoms with van der Waals surface area (Å²) in [7, 11) is 4.14. The fourth-order valence-electron chi connectivity index (χ4n) is 7.38. The monoisotopic (exact) mass is 429 g/mol. The van der Waals surface area contributed by atoms with Crippen molar-refractivity contribution in [2.24, 2.45) is 17.3 Å². The number of rotatable bonds is 2. The fraction of sp³-hybridized carbons (Fsp3) is 0.552. The van der Waals surface area contributed by atoms with Crippen LogP contribution in [-0.4, -0.2) is 30.6 Å². The van der Waals surface area contributed by atoms with Crippen LogP contribution in [0.2, 0.25) is 0 Å². The molecule has 1 unspecified atom stereocenters. The third-order valence-corrected chi connectivity index (χ3v) is 9.03. The molecule has 3 heteroatoms. The number of anilines is 1. The van der Waals surface area contributed by atoms with Gasteiger partial charge < -0.3 is 10.0 Å². The molecule has 4 aliphatic rings. The van der Waals surface area contributed by atoms with Gasteiger partial charge in [0.1, 0.15) is 5.60 Å². The Balaban J connectivity index is 1.67. The average molecular weight is 430 g/mol. The van der Waals surface area contributed by atoms with E-state index in [9.17, 15) is 9.90 Å². The second-order valence-electron chi connectivity index (χ2n) is 10.8. The van der Waals surface area contributed by atoms with Crippen molar-refractivity contribution >= 4 is 11.5 Å². The molecule has 2 fully saturated rings. The molecule has 3 nitrogen and oxygen atoms in total. The zero-order chi connectivity index (χ0) is 22.7. The van der Waals surface area contributed by atoms with Gasteiger partial charge in [0.15, 0.2) is 5.78 Å². The van der Waals surface area contributed by atoms with Crippen LogP contribution in [0.1, 0.15) is 70.3 Å². The van der Waals surface area contributed by atoms with Gasteiger partial charge in [0.25, 0.3) is 0 Å². The molecule has 2 saturated carbocycles. The molecule has 0 heterocycles. The van der Waals surface area contributed by atoms with E-state index in [0.29, 0.717) is 18.3 Å². The molecule has 1 N–H and O–H groups in total. The summed E-state index contributed by atoms with van der Waals surface area (Å²) in [5.74, 6) is 7.76. The highest BCUT2D eigenvalue weighted by Gasteiger charge is 2.62. The van der Waals surface area contributed by atoms with Gasteiger partial charge in [0.2, 0.25) is 0 Å². The Morgan fingerprint density at radius 1 is 1.09 bits per heavy atom. The first-order chi connectivity index (χ1) is 15.3. The van der Waals surface area contributed by atoms with Crippen molar-refractivity contribution in [3.05, 3.63) is 52.6 Å². The minimum absolute atomic E-state index is 0.221. The van der Waals surface area contributed by atoms with Crippen LogP contribution in [0.4, 0.5) is 5.69 Å². The predicted molar refractivity (Wildman–Crippen MR) is 129 cm³/mol. The highest BCUT2D eigenvalue weighted by atomic mass is 16.3. The van der Waals surface area contributed by atoms with Gasteiger partial charge in [-0.25, -0.2) is 0 Å². The Labute approximate surface area is 192 Å². The summed E-state index contributed by atoms with van der Waals surface area (Å²) in [6, 6.07) is 8.97. The molecule has 0 aliphatic heterocycles. The summed E-state index contributed by atoms with van der Waals surface area (Å²) in [6.45, 7) is 4.15. The van der Waals surface area contributed by atoms with E-state index in [1.165, 1.54) is 22.4 Å². The number of ketones is 1. The molecular weight excluding hydrogens is 394 g/mol. The van der Waals surface area contributed by atoms with Crippen LogP contribution >= 0.6 is 0 Å². The van der Waals surface area contributed by atoms with Crippen molar-refractivity contribution in [2.75, 3.05) is 19.0 Å². The van der Waals surface area contributed by atoms with Crippen molar-refractivity contribution in [3.8, 4) is 11.8 Å². The zero-order valence-corrected chi connectivity index (χ0v) is 19.9. The number of hydrogen-bond donors (Lipinski definition) is 1. The van der Waals surface area contributed by atoms with E-state index in [4.69, 9.17) is 0 Å².